The van der Waals surface area contributed by atoms with Crippen molar-refractivity contribution in [2.75, 3.05) is 0 Å². The van der Waals surface area contributed by atoms with Gasteiger partial charge >= 0.3 is 0 Å². The highest BCUT2D eigenvalue weighted by atomic mass is 79.9. The van der Waals surface area contributed by atoms with E-state index in [0.717, 1.165) is 29.3 Å². The number of carbonyl (C=O) groups is 1. The zero-order chi connectivity index (χ0) is 13.5. The van der Waals surface area contributed by atoms with E-state index in [4.69, 9.17) is 5.73 Å². The topological polar surface area (TPSA) is 55.1 Å². The van der Waals surface area contributed by atoms with Crippen LogP contribution >= 0.6 is 15.9 Å². The van der Waals surface area contributed by atoms with Crippen LogP contribution in [0.5, 0.6) is 0 Å². The minimum Gasteiger partial charge on any atom is -0.348 e. The molecule has 3 N–H and O–H groups in total. The van der Waals surface area contributed by atoms with Gasteiger partial charge in [0.2, 0.25) is 5.91 Å². The van der Waals surface area contributed by atoms with Crippen molar-refractivity contribution in [1.29, 1.82) is 0 Å². The molecule has 1 rings (SSSR count). The number of halogens is 1. The molecule has 1 aromatic carbocycles. The van der Waals surface area contributed by atoms with E-state index in [1.807, 2.05) is 31.2 Å². The first-order valence-electron chi connectivity index (χ1n) is 6.36. The molecular formula is C14H21BrN2O. The first kappa shape index (κ1) is 15.2. The van der Waals surface area contributed by atoms with Crippen LogP contribution in [0.2, 0.25) is 0 Å². The summed E-state index contributed by atoms with van der Waals surface area (Å²) in [4.78, 5) is 11.9. The molecule has 0 saturated heterocycles. The van der Waals surface area contributed by atoms with Gasteiger partial charge in [-0.1, -0.05) is 47.8 Å². The Hall–Kier alpha value is -0.870. The lowest BCUT2D eigenvalue weighted by Gasteiger charge is -2.18. The minimum absolute atomic E-state index is 0.0253. The average Bonchev–Trinajstić information content (AvgIpc) is 2.35. The highest BCUT2D eigenvalue weighted by Gasteiger charge is 2.15. The number of nitrogens with two attached hydrogens (primary N) is 1. The van der Waals surface area contributed by atoms with Gasteiger partial charge in [0.05, 0.1) is 12.1 Å². The van der Waals surface area contributed by atoms with Gasteiger partial charge in [-0.2, -0.15) is 0 Å². The Kier molecular flexibility index (Phi) is 6.36. The number of hydrogen-bond donors (Lipinski definition) is 2. The number of unbranched alkanes of at least 4 members (excludes halogenated alkanes) is 1. The predicted octanol–water partition coefficient (Wildman–Crippen LogP) is 3.14. The molecule has 0 unspecified atom stereocenters. The van der Waals surface area contributed by atoms with Crippen LogP contribution in [0.1, 0.15) is 44.7 Å². The first-order valence-corrected chi connectivity index (χ1v) is 7.15. The minimum atomic E-state index is -0.403. The predicted molar refractivity (Wildman–Crippen MR) is 78.2 cm³/mol. The standard InChI is InChI=1S/C14H21BrN2O/c1-3-4-8-13(16)14(18)17-10(2)11-6-5-7-12(15)9-11/h5-7,9-10,13H,3-4,8,16H2,1-2H3,(H,17,18)/t10-,13-/m0/s1. The van der Waals surface area contributed by atoms with Crippen molar-refractivity contribution in [1.82, 2.24) is 5.32 Å². The van der Waals surface area contributed by atoms with E-state index in [0.29, 0.717) is 0 Å². The molecule has 0 aliphatic rings. The average molecular weight is 313 g/mol. The molecule has 1 amide bonds. The summed E-state index contributed by atoms with van der Waals surface area (Å²) in [5.41, 5.74) is 6.91. The zero-order valence-corrected chi connectivity index (χ0v) is 12.5. The lowest BCUT2D eigenvalue weighted by molar-refractivity contribution is -0.123. The van der Waals surface area contributed by atoms with Crippen LogP contribution < -0.4 is 11.1 Å². The first-order chi connectivity index (χ1) is 8.54. The third-order valence-corrected chi connectivity index (χ3v) is 3.41. The van der Waals surface area contributed by atoms with Crippen molar-refractivity contribution in [2.45, 2.75) is 45.2 Å². The summed E-state index contributed by atoms with van der Waals surface area (Å²) in [5, 5.41) is 2.95. The van der Waals surface area contributed by atoms with Gasteiger partial charge in [0.15, 0.2) is 0 Å². The molecule has 0 aliphatic carbocycles. The molecule has 0 heterocycles. The van der Waals surface area contributed by atoms with Crippen molar-refractivity contribution in [3.63, 3.8) is 0 Å². The fourth-order valence-corrected chi connectivity index (χ4v) is 2.15. The Bertz CT molecular complexity index is 395. The maximum atomic E-state index is 11.9. The second-order valence-corrected chi connectivity index (χ2v) is 5.45. The number of hydrogen-bond acceptors (Lipinski definition) is 2. The van der Waals surface area contributed by atoms with Crippen molar-refractivity contribution < 1.29 is 4.79 Å². The van der Waals surface area contributed by atoms with Crippen molar-refractivity contribution in [3.8, 4) is 0 Å². The lowest BCUT2D eigenvalue weighted by Crippen LogP contribution is -2.41. The molecule has 2 atom stereocenters. The van der Waals surface area contributed by atoms with Crippen LogP contribution in [0.25, 0.3) is 0 Å². The van der Waals surface area contributed by atoms with Crippen molar-refractivity contribution in [2.24, 2.45) is 5.73 Å². The largest absolute Gasteiger partial charge is 0.348 e. The highest BCUT2D eigenvalue weighted by Crippen LogP contribution is 2.17. The summed E-state index contributed by atoms with van der Waals surface area (Å²) < 4.78 is 1.01. The second kappa shape index (κ2) is 7.54. The molecular weight excluding hydrogens is 292 g/mol. The van der Waals surface area contributed by atoms with E-state index in [1.165, 1.54) is 0 Å². The normalized spacial score (nSPS) is 14.0. The van der Waals surface area contributed by atoms with E-state index in [-0.39, 0.29) is 11.9 Å². The Labute approximate surface area is 117 Å². The molecule has 0 fully saturated rings. The van der Waals surface area contributed by atoms with Crippen LogP contribution in [-0.4, -0.2) is 11.9 Å². The fourth-order valence-electron chi connectivity index (χ4n) is 1.73. The van der Waals surface area contributed by atoms with Crippen LogP contribution in [0.4, 0.5) is 0 Å². The third kappa shape index (κ3) is 4.78. The molecule has 0 saturated carbocycles. The molecule has 0 aliphatic heterocycles. The Morgan fingerprint density at radius 1 is 1.50 bits per heavy atom. The van der Waals surface area contributed by atoms with Gasteiger partial charge in [-0.05, 0) is 31.0 Å². The summed E-state index contributed by atoms with van der Waals surface area (Å²) in [7, 11) is 0. The number of carbonyl (C=O) groups excluding carboxylic acids is 1. The van der Waals surface area contributed by atoms with E-state index in [2.05, 4.69) is 28.2 Å². The molecule has 100 valence electrons. The van der Waals surface area contributed by atoms with Gasteiger partial charge in [0.25, 0.3) is 0 Å². The van der Waals surface area contributed by atoms with Crippen molar-refractivity contribution in [3.05, 3.63) is 34.3 Å². The highest BCUT2D eigenvalue weighted by molar-refractivity contribution is 9.10. The van der Waals surface area contributed by atoms with Gasteiger partial charge in [-0.15, -0.1) is 0 Å². The molecule has 1 aromatic rings. The SMILES string of the molecule is CCCC[C@H](N)C(=O)N[C@@H](C)c1cccc(Br)c1. The Morgan fingerprint density at radius 3 is 2.83 bits per heavy atom. The number of benzene rings is 1. The maximum Gasteiger partial charge on any atom is 0.237 e. The van der Waals surface area contributed by atoms with Crippen LogP contribution in [0.3, 0.4) is 0 Å². The monoisotopic (exact) mass is 312 g/mol. The number of rotatable bonds is 6. The molecule has 0 bridgehead atoms. The number of amides is 1. The third-order valence-electron chi connectivity index (χ3n) is 2.91. The number of nitrogens with one attached hydrogen (secondary N) is 1. The lowest BCUT2D eigenvalue weighted by atomic mass is 10.1. The van der Waals surface area contributed by atoms with Gasteiger partial charge in [-0.25, -0.2) is 0 Å². The van der Waals surface area contributed by atoms with E-state index in [1.54, 1.807) is 0 Å². The Morgan fingerprint density at radius 2 is 2.22 bits per heavy atom. The molecule has 18 heavy (non-hydrogen) atoms. The van der Waals surface area contributed by atoms with Gasteiger partial charge in [-0.3, -0.25) is 4.79 Å². The van der Waals surface area contributed by atoms with E-state index >= 15 is 0 Å². The summed E-state index contributed by atoms with van der Waals surface area (Å²) in [6.07, 6.45) is 2.79. The molecule has 4 heteroatoms. The molecule has 3 nitrogen and oxygen atoms in total. The fraction of sp³-hybridized carbons (Fsp3) is 0.500. The molecule has 0 radical (unpaired) electrons. The summed E-state index contributed by atoms with van der Waals surface area (Å²) in [6.45, 7) is 4.06. The van der Waals surface area contributed by atoms with Gasteiger partial charge < -0.3 is 11.1 Å². The second-order valence-electron chi connectivity index (χ2n) is 4.53. The van der Waals surface area contributed by atoms with Crippen LogP contribution in [-0.2, 0) is 4.79 Å². The smallest absolute Gasteiger partial charge is 0.237 e. The molecule has 0 spiro atoms. The van der Waals surface area contributed by atoms with Crippen molar-refractivity contribution >= 4 is 21.8 Å². The summed E-state index contributed by atoms with van der Waals surface area (Å²) >= 11 is 3.42. The van der Waals surface area contributed by atoms with Gasteiger partial charge in [0.1, 0.15) is 0 Å². The maximum absolute atomic E-state index is 11.9. The van der Waals surface area contributed by atoms with E-state index < -0.39 is 6.04 Å². The van der Waals surface area contributed by atoms with E-state index in [9.17, 15) is 4.79 Å². The summed E-state index contributed by atoms with van der Waals surface area (Å²) in [6, 6.07) is 7.49. The Balaban J connectivity index is 2.54. The quantitative estimate of drug-likeness (QED) is 0.847. The van der Waals surface area contributed by atoms with Crippen LogP contribution in [0.15, 0.2) is 28.7 Å². The summed E-state index contributed by atoms with van der Waals surface area (Å²) in [5.74, 6) is -0.0732. The zero-order valence-electron chi connectivity index (χ0n) is 10.9. The van der Waals surface area contributed by atoms with Crippen LogP contribution in [0, 0.1) is 0 Å². The van der Waals surface area contributed by atoms with Gasteiger partial charge in [0, 0.05) is 4.47 Å². The molecule has 0 aromatic heterocycles.